The second-order valence-electron chi connectivity index (χ2n) is 3.13. The molecular weight excluding hydrogens is 188 g/mol. The summed E-state index contributed by atoms with van der Waals surface area (Å²) in [5, 5.41) is -1.50. The minimum atomic E-state index is -3.72. The lowest BCUT2D eigenvalue weighted by atomic mass is 10.1. The number of unbranched alkanes of at least 4 members (excludes halogenated alkanes) is 3. The smallest absolute Gasteiger partial charge is 0.269 e. The van der Waals surface area contributed by atoms with Gasteiger partial charge >= 0.3 is 0 Å². The molecule has 0 rings (SSSR count). The van der Waals surface area contributed by atoms with E-state index in [0.29, 0.717) is 6.42 Å². The largest absolute Gasteiger partial charge is 0.273 e. The van der Waals surface area contributed by atoms with Gasteiger partial charge in [0.05, 0.1) is 12.3 Å². The third-order valence-corrected chi connectivity index (χ3v) is 3.53. The fourth-order valence-electron chi connectivity index (χ4n) is 1.07. The molecule has 0 heterocycles. The first kappa shape index (κ1) is 11.0. The molecule has 80 valence electrons. The highest BCUT2D eigenvalue weighted by Crippen LogP contribution is 2.12. The van der Waals surface area contributed by atoms with Gasteiger partial charge in [0, 0.05) is 1.37 Å². The molecule has 0 aliphatic carbocycles. The molecule has 0 aromatic rings. The summed E-state index contributed by atoms with van der Waals surface area (Å²) < 4.78 is 34.5. The van der Waals surface area contributed by atoms with Gasteiger partial charge in [-0.15, -0.1) is 0 Å². The first-order valence-electron chi connectivity index (χ1n) is 5.17. The van der Waals surface area contributed by atoms with Gasteiger partial charge in [-0.1, -0.05) is 32.6 Å². The third-order valence-electron chi connectivity index (χ3n) is 2.03. The molecule has 0 spiro atoms. The maximum atomic E-state index is 11.3. The highest BCUT2D eigenvalue weighted by Gasteiger charge is 2.18. The molecule has 0 radical (unpaired) electrons. The van der Waals surface area contributed by atoms with Crippen molar-refractivity contribution in [2.75, 3.05) is 7.11 Å². The molecule has 0 amide bonds. The van der Waals surface area contributed by atoms with E-state index in [9.17, 15) is 8.42 Å². The summed E-state index contributed by atoms with van der Waals surface area (Å²) in [6, 6.07) is 0. The van der Waals surface area contributed by atoms with E-state index in [1.165, 1.54) is 6.92 Å². The van der Waals surface area contributed by atoms with Gasteiger partial charge in [-0.25, -0.2) is 0 Å². The standard InChI is InChI=1S/C9H20O3S/c1-4-5-6-7-8-9(2)13(10,11)12-3/h9H,4-8H2,1-3H3/i9D. The van der Waals surface area contributed by atoms with Crippen LogP contribution in [0.2, 0.25) is 0 Å². The molecule has 0 aromatic carbocycles. The monoisotopic (exact) mass is 209 g/mol. The van der Waals surface area contributed by atoms with Crippen molar-refractivity contribution in [1.29, 1.82) is 0 Å². The van der Waals surface area contributed by atoms with Gasteiger partial charge in [0.15, 0.2) is 0 Å². The molecule has 0 aliphatic heterocycles. The quantitative estimate of drug-likeness (QED) is 0.477. The second kappa shape index (κ2) is 6.38. The fourth-order valence-corrected chi connectivity index (χ4v) is 1.75. The maximum Gasteiger partial charge on any atom is 0.269 e. The molecule has 0 aromatic heterocycles. The number of rotatable bonds is 7. The summed E-state index contributed by atoms with van der Waals surface area (Å²) in [6.07, 6.45) is 4.26. The summed E-state index contributed by atoms with van der Waals surface area (Å²) in [6.45, 7) is 3.48. The van der Waals surface area contributed by atoms with Crippen molar-refractivity contribution in [2.24, 2.45) is 0 Å². The zero-order chi connectivity index (χ0) is 11.2. The van der Waals surface area contributed by atoms with Crippen LogP contribution < -0.4 is 0 Å². The summed E-state index contributed by atoms with van der Waals surface area (Å²) in [5.41, 5.74) is 0. The van der Waals surface area contributed by atoms with E-state index in [1.807, 2.05) is 0 Å². The van der Waals surface area contributed by atoms with E-state index in [-0.39, 0.29) is 0 Å². The zero-order valence-corrected chi connectivity index (χ0v) is 9.49. The van der Waals surface area contributed by atoms with Crippen LogP contribution in [0.1, 0.15) is 47.3 Å². The van der Waals surface area contributed by atoms with Gasteiger partial charge in [-0.05, 0) is 13.3 Å². The topological polar surface area (TPSA) is 43.4 Å². The summed E-state index contributed by atoms with van der Waals surface area (Å²) in [4.78, 5) is 0. The Hall–Kier alpha value is -0.0900. The van der Waals surface area contributed by atoms with Gasteiger partial charge in [-0.2, -0.15) is 8.42 Å². The van der Waals surface area contributed by atoms with E-state index in [1.54, 1.807) is 0 Å². The summed E-state index contributed by atoms with van der Waals surface area (Å²) >= 11 is 0. The van der Waals surface area contributed by atoms with Crippen LogP contribution in [0.15, 0.2) is 0 Å². The lowest BCUT2D eigenvalue weighted by Crippen LogP contribution is -2.18. The number of hydrogen-bond donors (Lipinski definition) is 0. The molecule has 0 saturated carbocycles. The van der Waals surface area contributed by atoms with Crippen LogP contribution in [0.4, 0.5) is 0 Å². The molecule has 0 N–H and O–H groups in total. The van der Waals surface area contributed by atoms with Crippen LogP contribution in [-0.2, 0) is 14.3 Å². The Bertz CT molecular complexity index is 247. The van der Waals surface area contributed by atoms with Gasteiger partial charge in [-0.3, -0.25) is 4.18 Å². The van der Waals surface area contributed by atoms with Crippen molar-refractivity contribution in [3.63, 3.8) is 0 Å². The van der Waals surface area contributed by atoms with Gasteiger partial charge in [0.25, 0.3) is 10.1 Å². The molecular formula is C9H20O3S. The zero-order valence-electron chi connectivity index (χ0n) is 9.67. The Labute approximate surface area is 83.0 Å². The molecule has 3 nitrogen and oxygen atoms in total. The Balaban J connectivity index is 4.08. The van der Waals surface area contributed by atoms with Gasteiger partial charge in [0.1, 0.15) is 0 Å². The minimum absolute atomic E-state index is 0.336. The molecule has 0 aliphatic rings. The summed E-state index contributed by atoms with van der Waals surface area (Å²) in [5.74, 6) is 0. The number of hydrogen-bond acceptors (Lipinski definition) is 3. The van der Waals surface area contributed by atoms with E-state index < -0.39 is 15.3 Å². The van der Waals surface area contributed by atoms with Crippen LogP contribution in [0.3, 0.4) is 0 Å². The van der Waals surface area contributed by atoms with Crippen molar-refractivity contribution >= 4 is 10.1 Å². The van der Waals surface area contributed by atoms with Crippen molar-refractivity contribution in [3.8, 4) is 0 Å². The molecule has 13 heavy (non-hydrogen) atoms. The third kappa shape index (κ3) is 5.26. The lowest BCUT2D eigenvalue weighted by Gasteiger charge is -2.09. The van der Waals surface area contributed by atoms with Crippen LogP contribution in [0.5, 0.6) is 0 Å². The highest BCUT2D eigenvalue weighted by atomic mass is 32.2. The Kier molecular flexibility index (Phi) is 5.39. The highest BCUT2D eigenvalue weighted by molar-refractivity contribution is 7.87. The predicted molar refractivity (Wildman–Crippen MR) is 54.1 cm³/mol. The molecule has 1 unspecified atom stereocenters. The van der Waals surface area contributed by atoms with Crippen LogP contribution in [-0.4, -0.2) is 20.8 Å². The van der Waals surface area contributed by atoms with Gasteiger partial charge in [0.2, 0.25) is 0 Å². The van der Waals surface area contributed by atoms with Gasteiger partial charge < -0.3 is 0 Å². The van der Waals surface area contributed by atoms with E-state index in [4.69, 9.17) is 1.37 Å². The minimum Gasteiger partial charge on any atom is -0.273 e. The SMILES string of the molecule is [2H]C(C)(CCCCCC)S(=O)(=O)OC. The van der Waals surface area contributed by atoms with Crippen molar-refractivity contribution < 1.29 is 14.0 Å². The van der Waals surface area contributed by atoms with E-state index >= 15 is 0 Å². The Morgan fingerprint density at radius 1 is 1.38 bits per heavy atom. The van der Waals surface area contributed by atoms with Crippen LogP contribution in [0, 0.1) is 0 Å². The predicted octanol–water partition coefficient (Wildman–Crippen LogP) is 2.32. The second-order valence-corrected chi connectivity index (χ2v) is 5.07. The van der Waals surface area contributed by atoms with Crippen molar-refractivity contribution in [3.05, 3.63) is 0 Å². The van der Waals surface area contributed by atoms with Crippen LogP contribution in [0.25, 0.3) is 0 Å². The average molecular weight is 209 g/mol. The normalized spacial score (nSPS) is 17.9. The molecule has 1 atom stereocenters. The lowest BCUT2D eigenvalue weighted by molar-refractivity contribution is 0.385. The van der Waals surface area contributed by atoms with E-state index in [0.717, 1.165) is 32.8 Å². The summed E-state index contributed by atoms with van der Waals surface area (Å²) in [7, 11) is -2.61. The first-order valence-corrected chi connectivity index (χ1v) is 6.08. The molecule has 4 heteroatoms. The molecule has 0 saturated heterocycles. The molecule has 0 fully saturated rings. The van der Waals surface area contributed by atoms with E-state index in [2.05, 4.69) is 11.1 Å². The van der Waals surface area contributed by atoms with Crippen molar-refractivity contribution in [2.45, 2.75) is 51.2 Å². The Morgan fingerprint density at radius 3 is 2.46 bits per heavy atom. The van der Waals surface area contributed by atoms with Crippen LogP contribution >= 0.6 is 0 Å². The van der Waals surface area contributed by atoms with Crippen molar-refractivity contribution in [1.82, 2.24) is 0 Å². The maximum absolute atomic E-state index is 11.3. The molecule has 0 bridgehead atoms. The average Bonchev–Trinajstić information content (AvgIpc) is 2.12. The first-order chi connectivity index (χ1) is 6.37. The fraction of sp³-hybridized carbons (Fsp3) is 1.00. The Morgan fingerprint density at radius 2 is 2.00 bits per heavy atom.